The lowest BCUT2D eigenvalue weighted by molar-refractivity contribution is 0.569. The normalized spacial score (nSPS) is 10.8. The van der Waals surface area contributed by atoms with Crippen LogP contribution in [0.5, 0.6) is 0 Å². The summed E-state index contributed by atoms with van der Waals surface area (Å²) in [6.07, 6.45) is 2.62. The van der Waals surface area contributed by atoms with Crippen LogP contribution in [0.15, 0.2) is 33.5 Å². The highest BCUT2D eigenvalue weighted by Crippen LogP contribution is 2.31. The molecule has 0 radical (unpaired) electrons. The van der Waals surface area contributed by atoms with E-state index >= 15 is 0 Å². The molecule has 1 aromatic carbocycles. The van der Waals surface area contributed by atoms with Crippen LogP contribution < -0.4 is 5.32 Å². The largest absolute Gasteiger partial charge is 0.443 e. The third-order valence-electron chi connectivity index (χ3n) is 2.53. The molecular formula is C13H14BrIN2O. The molecule has 0 spiro atoms. The standard InChI is InChI=1S/C13H14BrIN2O/c1-2-5-16-7-12-13(18-8-17-12)10-6-9(15)3-4-11(10)14/h3-4,6,8,16H,2,5,7H2,1H3. The summed E-state index contributed by atoms with van der Waals surface area (Å²) in [5.41, 5.74) is 2.00. The van der Waals surface area contributed by atoms with Gasteiger partial charge in [0.05, 0.1) is 0 Å². The molecule has 2 rings (SSSR count). The predicted octanol–water partition coefficient (Wildman–Crippen LogP) is 4.21. The lowest BCUT2D eigenvalue weighted by Crippen LogP contribution is -2.14. The molecule has 96 valence electrons. The molecule has 1 aromatic heterocycles. The van der Waals surface area contributed by atoms with Crippen LogP contribution >= 0.6 is 38.5 Å². The van der Waals surface area contributed by atoms with E-state index < -0.39 is 0 Å². The lowest BCUT2D eigenvalue weighted by Gasteiger charge is -2.05. The minimum absolute atomic E-state index is 0.734. The van der Waals surface area contributed by atoms with Crippen LogP contribution in [0.25, 0.3) is 11.3 Å². The Morgan fingerprint density at radius 3 is 3.06 bits per heavy atom. The second-order valence-corrected chi connectivity index (χ2v) is 6.03. The molecule has 0 aliphatic rings. The van der Waals surface area contributed by atoms with Crippen molar-refractivity contribution in [3.63, 3.8) is 0 Å². The number of nitrogens with one attached hydrogen (secondary N) is 1. The van der Waals surface area contributed by atoms with Gasteiger partial charge in [-0.2, -0.15) is 0 Å². The van der Waals surface area contributed by atoms with Gasteiger partial charge in [-0.15, -0.1) is 0 Å². The Morgan fingerprint density at radius 2 is 2.28 bits per heavy atom. The highest BCUT2D eigenvalue weighted by Gasteiger charge is 2.13. The average molecular weight is 421 g/mol. The van der Waals surface area contributed by atoms with E-state index in [9.17, 15) is 0 Å². The zero-order valence-electron chi connectivity index (χ0n) is 10.0. The minimum Gasteiger partial charge on any atom is -0.443 e. The zero-order valence-corrected chi connectivity index (χ0v) is 13.8. The van der Waals surface area contributed by atoms with E-state index in [1.165, 1.54) is 9.96 Å². The van der Waals surface area contributed by atoms with Crippen LogP contribution in [-0.2, 0) is 6.54 Å². The van der Waals surface area contributed by atoms with Crippen LogP contribution in [0.1, 0.15) is 19.0 Å². The van der Waals surface area contributed by atoms with Crippen molar-refractivity contribution in [3.8, 4) is 11.3 Å². The van der Waals surface area contributed by atoms with Gasteiger partial charge in [0.25, 0.3) is 0 Å². The monoisotopic (exact) mass is 420 g/mol. The summed E-state index contributed by atoms with van der Waals surface area (Å²) in [7, 11) is 0. The zero-order chi connectivity index (χ0) is 13.0. The van der Waals surface area contributed by atoms with Gasteiger partial charge in [0.2, 0.25) is 0 Å². The lowest BCUT2D eigenvalue weighted by atomic mass is 10.1. The molecule has 0 saturated carbocycles. The van der Waals surface area contributed by atoms with Crippen molar-refractivity contribution in [3.05, 3.63) is 38.3 Å². The first-order valence-electron chi connectivity index (χ1n) is 5.81. The van der Waals surface area contributed by atoms with Gasteiger partial charge in [-0.25, -0.2) is 4.98 Å². The van der Waals surface area contributed by atoms with Gasteiger partial charge in [0, 0.05) is 20.2 Å². The van der Waals surface area contributed by atoms with Crippen LogP contribution in [0, 0.1) is 3.57 Å². The van der Waals surface area contributed by atoms with Gasteiger partial charge < -0.3 is 9.73 Å². The summed E-state index contributed by atoms with van der Waals surface area (Å²) in [6, 6.07) is 6.18. The average Bonchev–Trinajstić information content (AvgIpc) is 2.81. The Balaban J connectivity index is 2.27. The molecule has 0 atom stereocenters. The molecule has 0 aliphatic carbocycles. The van der Waals surface area contributed by atoms with Gasteiger partial charge in [-0.3, -0.25) is 0 Å². The van der Waals surface area contributed by atoms with Crippen molar-refractivity contribution in [2.24, 2.45) is 0 Å². The number of benzene rings is 1. The number of rotatable bonds is 5. The van der Waals surface area contributed by atoms with E-state index in [0.717, 1.165) is 41.0 Å². The smallest absolute Gasteiger partial charge is 0.181 e. The Bertz CT molecular complexity index is 527. The first kappa shape index (κ1) is 14.0. The van der Waals surface area contributed by atoms with Gasteiger partial charge in [-0.05, 0) is 53.8 Å². The first-order valence-corrected chi connectivity index (χ1v) is 7.68. The maximum Gasteiger partial charge on any atom is 0.181 e. The molecule has 2 aromatic rings. The fraction of sp³-hybridized carbons (Fsp3) is 0.308. The molecule has 1 N–H and O–H groups in total. The summed E-state index contributed by atoms with van der Waals surface area (Å²) in [5, 5.41) is 3.34. The third kappa shape index (κ3) is 3.33. The molecule has 0 unspecified atom stereocenters. The number of nitrogens with zero attached hydrogens (tertiary/aromatic N) is 1. The van der Waals surface area contributed by atoms with Crippen LogP contribution in [0.3, 0.4) is 0 Å². The Labute approximate surface area is 129 Å². The molecule has 5 heteroatoms. The molecule has 0 bridgehead atoms. The second kappa shape index (κ2) is 6.68. The highest BCUT2D eigenvalue weighted by molar-refractivity contribution is 14.1. The maximum atomic E-state index is 5.53. The molecular weight excluding hydrogens is 407 g/mol. The Hall–Kier alpha value is -0.400. The molecule has 0 aliphatic heterocycles. The fourth-order valence-corrected chi connectivity index (χ4v) is 2.59. The van der Waals surface area contributed by atoms with Gasteiger partial charge in [0.1, 0.15) is 5.69 Å². The topological polar surface area (TPSA) is 38.1 Å². The maximum absolute atomic E-state index is 5.53. The van der Waals surface area contributed by atoms with E-state index in [1.807, 2.05) is 6.07 Å². The minimum atomic E-state index is 0.734. The van der Waals surface area contributed by atoms with E-state index in [4.69, 9.17) is 4.42 Å². The molecule has 18 heavy (non-hydrogen) atoms. The van der Waals surface area contributed by atoms with Crippen molar-refractivity contribution in [1.82, 2.24) is 10.3 Å². The second-order valence-electron chi connectivity index (χ2n) is 3.93. The van der Waals surface area contributed by atoms with E-state index in [1.54, 1.807) is 0 Å². The van der Waals surface area contributed by atoms with Gasteiger partial charge in [-0.1, -0.05) is 22.9 Å². The predicted molar refractivity (Wildman–Crippen MR) is 84.4 cm³/mol. The Kier molecular flexibility index (Phi) is 5.20. The van der Waals surface area contributed by atoms with Crippen LogP contribution in [0.2, 0.25) is 0 Å². The summed E-state index contributed by atoms with van der Waals surface area (Å²) in [4.78, 5) is 4.28. The summed E-state index contributed by atoms with van der Waals surface area (Å²) < 4.78 is 7.73. The fourth-order valence-electron chi connectivity index (χ4n) is 1.67. The number of hydrogen-bond acceptors (Lipinski definition) is 3. The van der Waals surface area contributed by atoms with Crippen LogP contribution in [-0.4, -0.2) is 11.5 Å². The Morgan fingerprint density at radius 1 is 1.44 bits per heavy atom. The first-order chi connectivity index (χ1) is 8.72. The van der Waals surface area contributed by atoms with E-state index in [0.29, 0.717) is 0 Å². The van der Waals surface area contributed by atoms with Crippen molar-refractivity contribution in [2.45, 2.75) is 19.9 Å². The highest BCUT2D eigenvalue weighted by atomic mass is 127. The number of halogens is 2. The van der Waals surface area contributed by atoms with Crippen molar-refractivity contribution < 1.29 is 4.42 Å². The number of oxazole rings is 1. The number of hydrogen-bond donors (Lipinski definition) is 1. The van der Waals surface area contributed by atoms with Gasteiger partial charge in [0.15, 0.2) is 12.2 Å². The summed E-state index contributed by atoms with van der Waals surface area (Å²) in [5.74, 6) is 0.837. The SMILES string of the molecule is CCCNCc1ncoc1-c1cc(I)ccc1Br. The van der Waals surface area contributed by atoms with Crippen molar-refractivity contribution in [2.75, 3.05) is 6.54 Å². The van der Waals surface area contributed by atoms with Crippen molar-refractivity contribution >= 4 is 38.5 Å². The van der Waals surface area contributed by atoms with E-state index in [2.05, 4.69) is 67.9 Å². The molecule has 0 amide bonds. The molecule has 0 fully saturated rings. The number of aromatic nitrogens is 1. The molecule has 0 saturated heterocycles. The molecule has 3 nitrogen and oxygen atoms in total. The van der Waals surface area contributed by atoms with Crippen molar-refractivity contribution in [1.29, 1.82) is 0 Å². The van der Waals surface area contributed by atoms with E-state index in [-0.39, 0.29) is 0 Å². The quantitative estimate of drug-likeness (QED) is 0.581. The summed E-state index contributed by atoms with van der Waals surface area (Å²) >= 11 is 5.85. The summed E-state index contributed by atoms with van der Waals surface area (Å²) in [6.45, 7) is 3.87. The molecule has 1 heterocycles. The van der Waals surface area contributed by atoms with Crippen LogP contribution in [0.4, 0.5) is 0 Å². The third-order valence-corrected chi connectivity index (χ3v) is 3.90. The van der Waals surface area contributed by atoms with Gasteiger partial charge >= 0.3 is 0 Å².